The molecule has 0 aliphatic heterocycles. The zero-order valence-electron chi connectivity index (χ0n) is 15.3. The van der Waals surface area contributed by atoms with E-state index in [0.717, 1.165) is 0 Å². The summed E-state index contributed by atoms with van der Waals surface area (Å²) < 4.78 is 0. The zero-order valence-corrected chi connectivity index (χ0v) is 15.3. The van der Waals surface area contributed by atoms with Crippen LogP contribution in [0.25, 0.3) is 0 Å². The van der Waals surface area contributed by atoms with Crippen molar-refractivity contribution in [3.05, 3.63) is 59.7 Å². The van der Waals surface area contributed by atoms with E-state index in [1.54, 1.807) is 0 Å². The van der Waals surface area contributed by atoms with Crippen LogP contribution in [0.1, 0.15) is 34.6 Å². The van der Waals surface area contributed by atoms with Crippen molar-refractivity contribution in [2.24, 2.45) is 0 Å². The van der Waals surface area contributed by atoms with E-state index in [9.17, 15) is 9.59 Å². The summed E-state index contributed by atoms with van der Waals surface area (Å²) in [5.41, 5.74) is 1.26. The van der Waals surface area contributed by atoms with Crippen LogP contribution in [0.2, 0.25) is 0 Å². The Labute approximate surface area is 158 Å². The fourth-order valence-corrected chi connectivity index (χ4v) is 1.75. The van der Waals surface area contributed by atoms with Gasteiger partial charge in [0.1, 0.15) is 0 Å². The average molecular weight is 375 g/mol. The van der Waals surface area contributed by atoms with Gasteiger partial charge in [-0.1, -0.05) is 38.1 Å². The predicted molar refractivity (Wildman–Crippen MR) is 104 cm³/mol. The Balaban J connectivity index is 0.000000460. The number of nitrogens with one attached hydrogen (secondary N) is 1. The van der Waals surface area contributed by atoms with E-state index in [1.165, 1.54) is 55.6 Å². The van der Waals surface area contributed by atoms with E-state index >= 15 is 0 Å². The average Bonchev–Trinajstić information content (AvgIpc) is 2.69. The summed E-state index contributed by atoms with van der Waals surface area (Å²) in [6, 6.07) is 11.4. The number of rotatable bonds is 4. The lowest BCUT2D eigenvalue weighted by Crippen LogP contribution is -2.30. The molecule has 0 heterocycles. The zero-order chi connectivity index (χ0) is 21.0. The maximum atomic E-state index is 11.1. The van der Waals surface area contributed by atoms with Gasteiger partial charge in [-0.05, 0) is 35.2 Å². The van der Waals surface area contributed by atoms with Gasteiger partial charge in [0.2, 0.25) is 0 Å². The van der Waals surface area contributed by atoms with Crippen molar-refractivity contribution in [3.8, 4) is 0 Å². The highest BCUT2D eigenvalue weighted by Gasteiger charge is 2.11. The fraction of sp³-hybridized carbons (Fsp3) is 0.176. The Morgan fingerprint density at radius 2 is 1.07 bits per heavy atom. The third-order valence-corrected chi connectivity index (χ3v) is 3.15. The normalized spacial score (nSPS) is 9.00. The highest BCUT2D eigenvalue weighted by molar-refractivity contribution is 6.58. The Morgan fingerprint density at radius 1 is 0.741 bits per heavy atom. The third-order valence-electron chi connectivity index (χ3n) is 3.15. The molecule has 10 heteroatoms. The molecule has 27 heavy (non-hydrogen) atoms. The van der Waals surface area contributed by atoms with E-state index in [4.69, 9.17) is 25.2 Å². The number of carboxylic acids is 1. The number of hydrogen-bond donors (Lipinski definition) is 6. The predicted octanol–water partition coefficient (Wildman–Crippen LogP) is -1.18. The van der Waals surface area contributed by atoms with Crippen molar-refractivity contribution in [2.75, 3.05) is 7.05 Å². The number of aromatic carboxylic acids is 1. The van der Waals surface area contributed by atoms with Crippen molar-refractivity contribution in [1.82, 2.24) is 5.32 Å². The molecule has 0 saturated carbocycles. The van der Waals surface area contributed by atoms with Crippen LogP contribution < -0.4 is 16.2 Å². The maximum Gasteiger partial charge on any atom is 0.488 e. The molecule has 0 aliphatic carbocycles. The number of carbonyl (C=O) groups is 2. The van der Waals surface area contributed by atoms with E-state index in [2.05, 4.69) is 5.32 Å². The minimum Gasteiger partial charge on any atom is -0.478 e. The molecule has 0 aliphatic rings. The van der Waals surface area contributed by atoms with Crippen LogP contribution in [0.5, 0.6) is 0 Å². The lowest BCUT2D eigenvalue weighted by molar-refractivity contribution is 0.0696. The van der Waals surface area contributed by atoms with Gasteiger partial charge in [0.25, 0.3) is 5.91 Å². The first-order valence-corrected chi connectivity index (χ1v) is 8.13. The molecule has 0 aromatic heterocycles. The standard InChI is InChI=1S/C8H10BNO3.C7H7BO4.C2H6/c1-10-8(11)6-2-4-7(5-3-6)9(12)13;9-7(10)5-1-3-6(4-2-5)8(11)12;1-2/h2-5,12-13H,1H3,(H,10,11);1-4,11-12H,(H,9,10);1-2H3. The lowest BCUT2D eigenvalue weighted by Gasteiger charge is -2.01. The summed E-state index contributed by atoms with van der Waals surface area (Å²) in [6.45, 7) is 4.00. The van der Waals surface area contributed by atoms with Gasteiger partial charge in [0.05, 0.1) is 5.56 Å². The molecule has 0 unspecified atom stereocenters. The van der Waals surface area contributed by atoms with Crippen molar-refractivity contribution in [3.63, 3.8) is 0 Å². The van der Waals surface area contributed by atoms with Gasteiger partial charge in [0, 0.05) is 12.6 Å². The Morgan fingerprint density at radius 3 is 1.33 bits per heavy atom. The molecule has 0 bridgehead atoms. The number of carboxylic acid groups (broad SMARTS) is 1. The second-order valence-corrected chi connectivity index (χ2v) is 4.88. The summed E-state index contributed by atoms with van der Waals surface area (Å²) in [4.78, 5) is 21.4. The van der Waals surface area contributed by atoms with E-state index in [-0.39, 0.29) is 16.9 Å². The van der Waals surface area contributed by atoms with Gasteiger partial charge in [-0.15, -0.1) is 0 Å². The van der Waals surface area contributed by atoms with Crippen molar-refractivity contribution >= 4 is 37.0 Å². The van der Waals surface area contributed by atoms with Crippen LogP contribution in [0.3, 0.4) is 0 Å². The molecule has 2 aromatic rings. The summed E-state index contributed by atoms with van der Waals surface area (Å²) in [5.74, 6) is -1.23. The highest BCUT2D eigenvalue weighted by atomic mass is 16.4. The fourth-order valence-electron chi connectivity index (χ4n) is 1.75. The Hall–Kier alpha value is -2.65. The van der Waals surface area contributed by atoms with Crippen LogP contribution >= 0.6 is 0 Å². The van der Waals surface area contributed by atoms with Crippen LogP contribution in [0, 0.1) is 0 Å². The van der Waals surface area contributed by atoms with E-state index in [0.29, 0.717) is 11.0 Å². The van der Waals surface area contributed by atoms with Gasteiger partial charge >= 0.3 is 20.2 Å². The second-order valence-electron chi connectivity index (χ2n) is 4.88. The van der Waals surface area contributed by atoms with Gasteiger partial charge in [-0.2, -0.15) is 0 Å². The van der Waals surface area contributed by atoms with Crippen molar-refractivity contribution in [1.29, 1.82) is 0 Å². The molecule has 1 amide bonds. The molecular formula is C17H23B2NO7. The van der Waals surface area contributed by atoms with Crippen LogP contribution in [0.4, 0.5) is 0 Å². The van der Waals surface area contributed by atoms with Crippen molar-refractivity contribution in [2.45, 2.75) is 13.8 Å². The lowest BCUT2D eigenvalue weighted by atomic mass is 9.80. The number of amides is 1. The van der Waals surface area contributed by atoms with Gasteiger partial charge in [-0.25, -0.2) is 4.79 Å². The molecule has 2 rings (SSSR count). The first-order chi connectivity index (χ1) is 12.8. The third kappa shape index (κ3) is 8.52. The molecule has 0 spiro atoms. The first-order valence-electron chi connectivity index (χ1n) is 8.13. The van der Waals surface area contributed by atoms with E-state index in [1.807, 2.05) is 13.8 Å². The Kier molecular flexibility index (Phi) is 11.4. The minimum absolute atomic E-state index is 0.124. The second kappa shape index (κ2) is 12.7. The quantitative estimate of drug-likeness (QED) is 0.369. The molecule has 0 fully saturated rings. The molecule has 144 valence electrons. The number of carbonyl (C=O) groups excluding carboxylic acids is 1. The van der Waals surface area contributed by atoms with Crippen LogP contribution in [-0.2, 0) is 0 Å². The SMILES string of the molecule is CC.CNC(=O)c1ccc(B(O)O)cc1.O=C(O)c1ccc(B(O)O)cc1. The molecule has 0 saturated heterocycles. The van der Waals surface area contributed by atoms with Crippen LogP contribution in [0.15, 0.2) is 48.5 Å². The van der Waals surface area contributed by atoms with E-state index < -0.39 is 20.2 Å². The minimum atomic E-state index is -1.55. The largest absolute Gasteiger partial charge is 0.488 e. The molecule has 2 aromatic carbocycles. The Bertz CT molecular complexity index is 704. The molecule has 0 atom stereocenters. The monoisotopic (exact) mass is 375 g/mol. The number of hydrogen-bond acceptors (Lipinski definition) is 6. The van der Waals surface area contributed by atoms with Crippen molar-refractivity contribution < 1.29 is 34.8 Å². The molecule has 0 radical (unpaired) electrons. The van der Waals surface area contributed by atoms with Crippen LogP contribution in [-0.4, -0.2) is 58.4 Å². The highest BCUT2D eigenvalue weighted by Crippen LogP contribution is 1.97. The number of benzene rings is 2. The smallest absolute Gasteiger partial charge is 0.478 e. The van der Waals surface area contributed by atoms with Gasteiger partial charge < -0.3 is 30.5 Å². The summed E-state index contributed by atoms with van der Waals surface area (Å²) in [5, 5.41) is 45.8. The summed E-state index contributed by atoms with van der Waals surface area (Å²) in [6.07, 6.45) is 0. The summed E-state index contributed by atoms with van der Waals surface area (Å²) in [7, 11) is -1.50. The molecule has 6 N–H and O–H groups in total. The first kappa shape index (κ1) is 24.3. The maximum absolute atomic E-state index is 11.1. The van der Waals surface area contributed by atoms with Gasteiger partial charge in [-0.3, -0.25) is 4.79 Å². The topological polar surface area (TPSA) is 147 Å². The molecular weight excluding hydrogens is 352 g/mol. The van der Waals surface area contributed by atoms with Gasteiger partial charge in [0.15, 0.2) is 0 Å². The summed E-state index contributed by atoms with van der Waals surface area (Å²) >= 11 is 0. The molecule has 8 nitrogen and oxygen atoms in total.